The number of aromatic nitrogens is 5. The highest BCUT2D eigenvalue weighted by Crippen LogP contribution is 2.26. The molecule has 0 spiro atoms. The fraction of sp³-hybridized carbons (Fsp3) is 0.0909. The molecule has 0 fully saturated rings. The molecular weight excluding hydrogens is 350 g/mol. The fourth-order valence-electron chi connectivity index (χ4n) is 3.56. The van der Waals surface area contributed by atoms with E-state index < -0.39 is 0 Å². The van der Waals surface area contributed by atoms with Gasteiger partial charge < -0.3 is 0 Å². The Balaban J connectivity index is 1.94. The molecule has 0 saturated carbocycles. The maximum Gasteiger partial charge on any atom is 0.266 e. The summed E-state index contributed by atoms with van der Waals surface area (Å²) in [7, 11) is 0. The normalized spacial score (nSPS) is 11.4. The fourth-order valence-corrected chi connectivity index (χ4v) is 3.56. The first-order valence-corrected chi connectivity index (χ1v) is 9.01. The molecule has 0 bridgehead atoms. The third-order valence-corrected chi connectivity index (χ3v) is 4.94. The number of aryl methyl sites for hydroxylation is 2. The lowest BCUT2D eigenvalue weighted by Gasteiger charge is -2.13. The van der Waals surface area contributed by atoms with Crippen molar-refractivity contribution in [3.63, 3.8) is 0 Å². The predicted molar refractivity (Wildman–Crippen MR) is 109 cm³/mol. The van der Waals surface area contributed by atoms with Gasteiger partial charge in [-0.05, 0) is 37.1 Å². The molecule has 0 atom stereocenters. The lowest BCUT2D eigenvalue weighted by atomic mass is 10.1. The molecule has 5 rings (SSSR count). The van der Waals surface area contributed by atoms with Gasteiger partial charge in [-0.3, -0.25) is 9.36 Å². The van der Waals surface area contributed by atoms with Crippen molar-refractivity contribution < 1.29 is 0 Å². The zero-order chi connectivity index (χ0) is 19.3. The maximum absolute atomic E-state index is 13.6. The number of hydrogen-bond donors (Lipinski definition) is 0. The molecule has 6 heteroatoms. The van der Waals surface area contributed by atoms with Crippen molar-refractivity contribution in [2.24, 2.45) is 0 Å². The summed E-state index contributed by atoms with van der Waals surface area (Å²) in [5, 5.41) is 4.84. The smallest absolute Gasteiger partial charge is 0.266 e. The Morgan fingerprint density at radius 1 is 0.964 bits per heavy atom. The van der Waals surface area contributed by atoms with E-state index in [0.29, 0.717) is 22.4 Å². The van der Waals surface area contributed by atoms with Crippen molar-refractivity contribution in [2.45, 2.75) is 13.8 Å². The van der Waals surface area contributed by atoms with Crippen molar-refractivity contribution in [2.75, 3.05) is 0 Å². The zero-order valence-electron chi connectivity index (χ0n) is 15.5. The molecule has 0 N–H and O–H groups in total. The van der Waals surface area contributed by atoms with Gasteiger partial charge >= 0.3 is 0 Å². The van der Waals surface area contributed by atoms with Crippen molar-refractivity contribution >= 4 is 16.7 Å². The van der Waals surface area contributed by atoms with E-state index in [9.17, 15) is 4.79 Å². The monoisotopic (exact) mass is 367 g/mol. The molecule has 0 aliphatic heterocycles. The molecule has 28 heavy (non-hydrogen) atoms. The van der Waals surface area contributed by atoms with E-state index in [1.165, 1.54) is 6.33 Å². The SMILES string of the molecule is Cc1ccc(C)c(-n2ccc3nc4ncnn4c(-c4ccccc4)c3c2=O)c1. The third kappa shape index (κ3) is 2.42. The van der Waals surface area contributed by atoms with Crippen LogP contribution >= 0.6 is 0 Å². The van der Waals surface area contributed by atoms with Crippen molar-refractivity contribution in [1.82, 2.24) is 24.1 Å². The van der Waals surface area contributed by atoms with Crippen LogP contribution in [0, 0.1) is 13.8 Å². The van der Waals surface area contributed by atoms with Crippen LogP contribution in [-0.2, 0) is 0 Å². The number of nitrogens with zero attached hydrogens (tertiary/aromatic N) is 5. The molecule has 0 unspecified atom stereocenters. The average molecular weight is 367 g/mol. The summed E-state index contributed by atoms with van der Waals surface area (Å²) in [5.41, 5.74) is 5.05. The Bertz CT molecular complexity index is 1400. The second-order valence-corrected chi connectivity index (χ2v) is 6.84. The molecule has 2 aromatic carbocycles. The van der Waals surface area contributed by atoms with Gasteiger partial charge in [0, 0.05) is 11.8 Å². The van der Waals surface area contributed by atoms with E-state index in [-0.39, 0.29) is 5.56 Å². The van der Waals surface area contributed by atoms with Gasteiger partial charge in [0.15, 0.2) is 0 Å². The number of hydrogen-bond acceptors (Lipinski definition) is 4. The molecular formula is C22H17N5O. The van der Waals surface area contributed by atoms with Crippen LogP contribution in [0.15, 0.2) is 71.9 Å². The molecule has 0 radical (unpaired) electrons. The summed E-state index contributed by atoms with van der Waals surface area (Å²) in [4.78, 5) is 22.4. The van der Waals surface area contributed by atoms with Crippen LogP contribution in [0.5, 0.6) is 0 Å². The van der Waals surface area contributed by atoms with Crippen LogP contribution in [0.25, 0.3) is 33.6 Å². The molecule has 0 aliphatic carbocycles. The second kappa shape index (κ2) is 6.13. The highest BCUT2D eigenvalue weighted by Gasteiger charge is 2.17. The van der Waals surface area contributed by atoms with Gasteiger partial charge in [0.2, 0.25) is 0 Å². The number of rotatable bonds is 2. The maximum atomic E-state index is 13.6. The zero-order valence-corrected chi connectivity index (χ0v) is 15.5. The average Bonchev–Trinajstić information content (AvgIpc) is 3.18. The Hall–Kier alpha value is -3.80. The van der Waals surface area contributed by atoms with Crippen molar-refractivity contribution in [3.05, 3.63) is 88.6 Å². The van der Waals surface area contributed by atoms with E-state index in [4.69, 9.17) is 0 Å². The minimum absolute atomic E-state index is 0.130. The van der Waals surface area contributed by atoms with E-state index in [1.807, 2.05) is 68.4 Å². The van der Waals surface area contributed by atoms with Crippen LogP contribution in [0.3, 0.4) is 0 Å². The summed E-state index contributed by atoms with van der Waals surface area (Å²) >= 11 is 0. The number of pyridine rings is 1. The summed E-state index contributed by atoms with van der Waals surface area (Å²) < 4.78 is 3.31. The topological polar surface area (TPSA) is 65.1 Å². The number of benzene rings is 2. The van der Waals surface area contributed by atoms with Crippen LogP contribution in [0.4, 0.5) is 0 Å². The highest BCUT2D eigenvalue weighted by atomic mass is 16.1. The quantitative estimate of drug-likeness (QED) is 0.477. The standard InChI is InChI=1S/C22H17N5O/c1-14-8-9-15(2)18(12-14)26-11-10-17-19(21(26)28)20(16-6-4-3-5-7-16)27-22(25-17)23-13-24-27/h3-13H,1-2H3. The van der Waals surface area contributed by atoms with Gasteiger partial charge in [-0.2, -0.15) is 14.6 Å². The van der Waals surface area contributed by atoms with E-state index in [2.05, 4.69) is 15.1 Å². The molecule has 3 aromatic heterocycles. The molecule has 0 saturated heterocycles. The minimum Gasteiger partial charge on any atom is -0.283 e. The summed E-state index contributed by atoms with van der Waals surface area (Å²) in [6, 6.07) is 17.7. The van der Waals surface area contributed by atoms with Crippen LogP contribution < -0.4 is 5.56 Å². The summed E-state index contributed by atoms with van der Waals surface area (Å²) in [6.07, 6.45) is 3.23. The van der Waals surface area contributed by atoms with Gasteiger partial charge in [0.1, 0.15) is 6.33 Å². The van der Waals surface area contributed by atoms with Crippen LogP contribution in [-0.4, -0.2) is 24.1 Å². The van der Waals surface area contributed by atoms with E-state index in [1.54, 1.807) is 15.3 Å². The highest BCUT2D eigenvalue weighted by molar-refractivity contribution is 5.93. The Morgan fingerprint density at radius 2 is 1.79 bits per heavy atom. The molecule has 0 amide bonds. The Kier molecular flexibility index (Phi) is 3.58. The number of fused-ring (bicyclic) bond motifs is 2. The Labute approximate surface area is 160 Å². The predicted octanol–water partition coefficient (Wildman–Crippen LogP) is 3.71. The van der Waals surface area contributed by atoms with E-state index in [0.717, 1.165) is 22.4 Å². The van der Waals surface area contributed by atoms with Gasteiger partial charge in [-0.25, -0.2) is 4.98 Å². The first kappa shape index (κ1) is 16.4. The first-order valence-electron chi connectivity index (χ1n) is 9.01. The Morgan fingerprint density at radius 3 is 2.61 bits per heavy atom. The van der Waals surface area contributed by atoms with Crippen LogP contribution in [0.1, 0.15) is 11.1 Å². The third-order valence-electron chi connectivity index (χ3n) is 4.94. The minimum atomic E-state index is -0.130. The molecule has 6 nitrogen and oxygen atoms in total. The largest absolute Gasteiger partial charge is 0.283 e. The van der Waals surface area contributed by atoms with Gasteiger partial charge in [0.25, 0.3) is 11.3 Å². The summed E-state index contributed by atoms with van der Waals surface area (Å²) in [5.74, 6) is 0.468. The van der Waals surface area contributed by atoms with Gasteiger partial charge in [-0.1, -0.05) is 42.5 Å². The summed E-state index contributed by atoms with van der Waals surface area (Å²) in [6.45, 7) is 4.02. The van der Waals surface area contributed by atoms with Crippen molar-refractivity contribution in [3.8, 4) is 16.9 Å². The van der Waals surface area contributed by atoms with Crippen molar-refractivity contribution in [1.29, 1.82) is 0 Å². The lowest BCUT2D eigenvalue weighted by Crippen LogP contribution is -2.20. The molecule has 3 heterocycles. The second-order valence-electron chi connectivity index (χ2n) is 6.84. The first-order chi connectivity index (χ1) is 13.6. The lowest BCUT2D eigenvalue weighted by molar-refractivity contribution is 0.945. The van der Waals surface area contributed by atoms with Gasteiger partial charge in [0.05, 0.1) is 22.3 Å². The van der Waals surface area contributed by atoms with E-state index >= 15 is 0 Å². The molecule has 5 aromatic rings. The van der Waals surface area contributed by atoms with Crippen LogP contribution in [0.2, 0.25) is 0 Å². The molecule has 136 valence electrons. The molecule has 0 aliphatic rings. The van der Waals surface area contributed by atoms with Gasteiger partial charge in [-0.15, -0.1) is 0 Å².